The Bertz CT molecular complexity index is 1210. The lowest BCUT2D eigenvalue weighted by Crippen LogP contribution is -2.59. The fraction of sp³-hybridized carbons (Fsp3) is 0.520. The molecule has 3 amide bonds. The number of urea groups is 1. The van der Waals surface area contributed by atoms with Crippen LogP contribution in [0.3, 0.4) is 0 Å². The van der Waals surface area contributed by atoms with E-state index in [2.05, 4.69) is 25.5 Å². The molecule has 1 aromatic heterocycles. The molecule has 12 heteroatoms. The van der Waals surface area contributed by atoms with E-state index in [-0.39, 0.29) is 35.3 Å². The van der Waals surface area contributed by atoms with Crippen LogP contribution in [0.4, 0.5) is 36.7 Å². The molecule has 2 aliphatic heterocycles. The first-order chi connectivity index (χ1) is 17.8. The zero-order chi connectivity index (χ0) is 26.3. The molecule has 2 N–H and O–H groups in total. The molecule has 5 rings (SSSR count). The van der Waals surface area contributed by atoms with Crippen LogP contribution in [0.2, 0.25) is 0 Å². The minimum Gasteiger partial charge on any atom is -0.348 e. The molecule has 2 aromatic rings. The van der Waals surface area contributed by atoms with Gasteiger partial charge in [-0.1, -0.05) is 12.8 Å². The van der Waals surface area contributed by atoms with E-state index in [1.807, 2.05) is 19.0 Å². The van der Waals surface area contributed by atoms with Gasteiger partial charge in [0.1, 0.15) is 17.3 Å². The Morgan fingerprint density at radius 2 is 1.89 bits per heavy atom. The van der Waals surface area contributed by atoms with Gasteiger partial charge >= 0.3 is 6.03 Å². The lowest BCUT2D eigenvalue weighted by atomic mass is 10.1. The first-order valence-corrected chi connectivity index (χ1v) is 12.7. The van der Waals surface area contributed by atoms with Crippen molar-refractivity contribution >= 4 is 35.1 Å². The molecule has 0 spiro atoms. The standard InChI is InChI=1S/C25H32F2N8O2/c1-4-34-25(37)33(3)21-13-28-24(31-22(21)35(34)16-7-5-6-8-16)30-20-12-18(26)17(11-19(20)27)23(36)29-15-9-10-32(2)14-15/h11-13,15-16H,4-10,14H2,1-3H3,(H,29,36)(H,28,30,31)/t15-/m1/s1. The Labute approximate surface area is 214 Å². The summed E-state index contributed by atoms with van der Waals surface area (Å²) in [5.41, 5.74) is 0.00748. The van der Waals surface area contributed by atoms with Crippen molar-refractivity contribution in [1.82, 2.24) is 25.2 Å². The van der Waals surface area contributed by atoms with Crippen molar-refractivity contribution in [3.63, 3.8) is 0 Å². The number of benzene rings is 1. The number of carbonyl (C=O) groups excluding carboxylic acids is 2. The molecular formula is C25H32F2N8O2. The molecule has 1 saturated heterocycles. The van der Waals surface area contributed by atoms with E-state index < -0.39 is 17.5 Å². The van der Waals surface area contributed by atoms with Crippen molar-refractivity contribution in [3.8, 4) is 0 Å². The number of carbonyl (C=O) groups is 2. The molecule has 1 aliphatic carbocycles. The van der Waals surface area contributed by atoms with E-state index >= 15 is 0 Å². The summed E-state index contributed by atoms with van der Waals surface area (Å²) < 4.78 is 29.9. The van der Waals surface area contributed by atoms with Gasteiger partial charge in [0.15, 0.2) is 5.82 Å². The number of hydrazine groups is 1. The second kappa shape index (κ2) is 10.1. The van der Waals surface area contributed by atoms with Crippen LogP contribution < -0.4 is 20.5 Å². The smallest absolute Gasteiger partial charge is 0.343 e. The Morgan fingerprint density at radius 3 is 2.57 bits per heavy atom. The third kappa shape index (κ3) is 4.77. The van der Waals surface area contributed by atoms with Crippen LogP contribution in [0.15, 0.2) is 18.3 Å². The van der Waals surface area contributed by atoms with Crippen LogP contribution in [-0.2, 0) is 0 Å². The van der Waals surface area contributed by atoms with E-state index in [4.69, 9.17) is 0 Å². The first kappa shape index (κ1) is 25.1. The fourth-order valence-electron chi connectivity index (χ4n) is 5.37. The van der Waals surface area contributed by atoms with Gasteiger partial charge in [0.25, 0.3) is 5.91 Å². The molecule has 3 heterocycles. The van der Waals surface area contributed by atoms with Gasteiger partial charge in [-0.2, -0.15) is 4.98 Å². The molecule has 1 aromatic carbocycles. The lowest BCUT2D eigenvalue weighted by Gasteiger charge is -2.45. The maximum atomic E-state index is 15.0. The van der Waals surface area contributed by atoms with Gasteiger partial charge in [0.2, 0.25) is 5.95 Å². The molecule has 0 bridgehead atoms. The zero-order valence-electron chi connectivity index (χ0n) is 21.3. The van der Waals surface area contributed by atoms with E-state index in [9.17, 15) is 18.4 Å². The molecule has 1 atom stereocenters. The van der Waals surface area contributed by atoms with Crippen LogP contribution in [0.25, 0.3) is 0 Å². The summed E-state index contributed by atoms with van der Waals surface area (Å²) >= 11 is 0. The molecule has 3 aliphatic rings. The second-order valence-electron chi connectivity index (χ2n) is 9.90. The second-order valence-corrected chi connectivity index (χ2v) is 9.90. The number of amides is 3. The normalized spacial score (nSPS) is 20.5. The Morgan fingerprint density at radius 1 is 1.14 bits per heavy atom. The van der Waals surface area contributed by atoms with Gasteiger partial charge in [-0.3, -0.25) is 14.7 Å². The predicted octanol–water partition coefficient (Wildman–Crippen LogP) is 3.49. The topological polar surface area (TPSA) is 96.9 Å². The summed E-state index contributed by atoms with van der Waals surface area (Å²) in [4.78, 5) is 38.0. The predicted molar refractivity (Wildman–Crippen MR) is 136 cm³/mol. The first-order valence-electron chi connectivity index (χ1n) is 12.7. The van der Waals surface area contributed by atoms with Crippen LogP contribution in [0.1, 0.15) is 49.4 Å². The largest absolute Gasteiger partial charge is 0.348 e. The third-order valence-corrected chi connectivity index (χ3v) is 7.34. The minimum absolute atomic E-state index is 0.0602. The summed E-state index contributed by atoms with van der Waals surface area (Å²) in [5.74, 6) is -1.70. The molecular weight excluding hydrogens is 482 g/mol. The quantitative estimate of drug-likeness (QED) is 0.609. The number of fused-ring (bicyclic) bond motifs is 1. The average Bonchev–Trinajstić information content (AvgIpc) is 3.55. The van der Waals surface area contributed by atoms with E-state index in [0.29, 0.717) is 24.6 Å². The highest BCUT2D eigenvalue weighted by atomic mass is 19.1. The van der Waals surface area contributed by atoms with Crippen molar-refractivity contribution < 1.29 is 18.4 Å². The highest BCUT2D eigenvalue weighted by Gasteiger charge is 2.39. The fourth-order valence-corrected chi connectivity index (χ4v) is 5.37. The van der Waals surface area contributed by atoms with Crippen LogP contribution >= 0.6 is 0 Å². The molecule has 10 nitrogen and oxygen atoms in total. The number of likely N-dealkylation sites (tertiary alicyclic amines) is 1. The monoisotopic (exact) mass is 514 g/mol. The van der Waals surface area contributed by atoms with E-state index in [1.54, 1.807) is 12.1 Å². The highest BCUT2D eigenvalue weighted by Crippen LogP contribution is 2.39. The van der Waals surface area contributed by atoms with Gasteiger partial charge in [0.05, 0.1) is 23.5 Å². The molecule has 1 saturated carbocycles. The van der Waals surface area contributed by atoms with Crippen molar-refractivity contribution in [2.24, 2.45) is 0 Å². The summed E-state index contributed by atoms with van der Waals surface area (Å²) in [6, 6.07) is 1.68. The van der Waals surface area contributed by atoms with Crippen LogP contribution in [0.5, 0.6) is 0 Å². The van der Waals surface area contributed by atoms with Gasteiger partial charge in [-0.15, -0.1) is 0 Å². The Kier molecular flexibility index (Phi) is 6.84. The van der Waals surface area contributed by atoms with Gasteiger partial charge in [0, 0.05) is 32.2 Å². The number of aromatic nitrogens is 2. The highest BCUT2D eigenvalue weighted by molar-refractivity contribution is 5.99. The van der Waals surface area contributed by atoms with Gasteiger partial charge in [-0.25, -0.2) is 23.6 Å². The van der Waals surface area contributed by atoms with Gasteiger partial charge < -0.3 is 15.5 Å². The number of rotatable bonds is 6. The molecule has 198 valence electrons. The molecule has 0 radical (unpaired) electrons. The number of anilines is 4. The van der Waals surface area contributed by atoms with Gasteiger partial charge in [-0.05, 0) is 45.8 Å². The zero-order valence-corrected chi connectivity index (χ0v) is 21.3. The third-order valence-electron chi connectivity index (χ3n) is 7.34. The summed E-state index contributed by atoms with van der Waals surface area (Å²) in [5, 5.41) is 9.10. The average molecular weight is 515 g/mol. The van der Waals surface area contributed by atoms with Crippen molar-refractivity contribution in [2.75, 3.05) is 49.0 Å². The van der Waals surface area contributed by atoms with E-state index in [0.717, 1.165) is 50.8 Å². The lowest BCUT2D eigenvalue weighted by molar-refractivity contribution is 0.0934. The maximum absolute atomic E-state index is 15.0. The number of hydrogen-bond donors (Lipinski definition) is 2. The minimum atomic E-state index is -0.846. The number of nitrogens with one attached hydrogen (secondary N) is 2. The van der Waals surface area contributed by atoms with Crippen LogP contribution in [-0.4, -0.2) is 77.6 Å². The van der Waals surface area contributed by atoms with Crippen molar-refractivity contribution in [3.05, 3.63) is 35.5 Å². The number of nitrogens with zero attached hydrogens (tertiary/aromatic N) is 6. The van der Waals surface area contributed by atoms with Crippen LogP contribution in [0, 0.1) is 11.6 Å². The maximum Gasteiger partial charge on any atom is 0.343 e. The number of halogens is 2. The van der Waals surface area contributed by atoms with Crippen molar-refractivity contribution in [1.29, 1.82) is 0 Å². The number of hydrogen-bond acceptors (Lipinski definition) is 7. The van der Waals surface area contributed by atoms with E-state index in [1.165, 1.54) is 11.1 Å². The summed E-state index contributed by atoms with van der Waals surface area (Å²) in [7, 11) is 3.60. The SMILES string of the molecule is CCN1C(=O)N(C)c2cnc(Nc3cc(F)c(C(=O)N[C@@H]4CCN(C)C4)cc3F)nc2N1C1CCCC1. The summed E-state index contributed by atoms with van der Waals surface area (Å²) in [6.07, 6.45) is 6.26. The Balaban J connectivity index is 1.40. The molecule has 2 fully saturated rings. The van der Waals surface area contributed by atoms with Crippen molar-refractivity contribution in [2.45, 2.75) is 51.1 Å². The Hall–Kier alpha value is -3.54. The molecule has 37 heavy (non-hydrogen) atoms. The summed E-state index contributed by atoms with van der Waals surface area (Å²) in [6.45, 7) is 3.87. The molecule has 0 unspecified atom stereocenters. The number of likely N-dealkylation sites (N-methyl/N-ethyl adjacent to an activating group) is 1.